The van der Waals surface area contributed by atoms with Gasteiger partial charge in [-0.05, 0) is 44.0 Å². The van der Waals surface area contributed by atoms with E-state index in [1.807, 2.05) is 37.5 Å². The third-order valence-corrected chi connectivity index (χ3v) is 3.95. The van der Waals surface area contributed by atoms with Crippen LogP contribution in [-0.4, -0.2) is 31.6 Å². The molecule has 0 atom stereocenters. The molecule has 1 aromatic heterocycles. The lowest BCUT2D eigenvalue weighted by Gasteiger charge is -2.09. The predicted octanol–water partition coefficient (Wildman–Crippen LogP) is 2.67. The Morgan fingerprint density at radius 3 is 2.55 bits per heavy atom. The van der Waals surface area contributed by atoms with Crippen molar-refractivity contribution in [1.29, 1.82) is 0 Å². The van der Waals surface area contributed by atoms with E-state index in [9.17, 15) is 4.79 Å². The summed E-state index contributed by atoms with van der Waals surface area (Å²) >= 11 is 1.16. The van der Waals surface area contributed by atoms with E-state index in [0.717, 1.165) is 28.6 Å². The Bertz CT molecular complexity index is 650. The highest BCUT2D eigenvalue weighted by atomic mass is 32.2. The van der Waals surface area contributed by atoms with Crippen molar-refractivity contribution in [3.8, 4) is 5.75 Å². The molecule has 1 N–H and O–H groups in total. The molecule has 0 aliphatic rings. The monoisotopic (exact) mass is 321 g/mol. The first-order valence-electron chi connectivity index (χ1n) is 6.97. The van der Waals surface area contributed by atoms with Crippen molar-refractivity contribution in [2.75, 3.05) is 5.75 Å². The summed E-state index contributed by atoms with van der Waals surface area (Å²) in [6, 6.07) is 6.03. The van der Waals surface area contributed by atoms with Crippen LogP contribution in [-0.2, 0) is 17.9 Å². The zero-order chi connectivity index (χ0) is 16.1. The molecule has 0 bridgehead atoms. The van der Waals surface area contributed by atoms with Crippen molar-refractivity contribution in [2.45, 2.75) is 39.1 Å². The minimum absolute atomic E-state index is 0.0317. The lowest BCUT2D eigenvalue weighted by molar-refractivity contribution is -0.133. The molecule has 0 aliphatic heterocycles. The molecule has 1 heterocycles. The average Bonchev–Trinajstić information content (AvgIpc) is 2.83. The van der Waals surface area contributed by atoms with Gasteiger partial charge in [-0.1, -0.05) is 17.8 Å². The maximum atomic E-state index is 10.7. The molecule has 0 unspecified atom stereocenters. The van der Waals surface area contributed by atoms with E-state index in [1.54, 1.807) is 0 Å². The van der Waals surface area contributed by atoms with Crippen molar-refractivity contribution in [2.24, 2.45) is 0 Å². The first-order chi connectivity index (χ1) is 10.5. The normalized spacial score (nSPS) is 10.7. The van der Waals surface area contributed by atoms with Gasteiger partial charge in [0.15, 0.2) is 11.0 Å². The van der Waals surface area contributed by atoms with Gasteiger partial charge >= 0.3 is 5.97 Å². The molecule has 0 radical (unpaired) electrons. The van der Waals surface area contributed by atoms with Crippen LogP contribution >= 0.6 is 11.8 Å². The van der Waals surface area contributed by atoms with Crippen LogP contribution in [0, 0.1) is 13.8 Å². The van der Waals surface area contributed by atoms with Crippen molar-refractivity contribution in [3.05, 3.63) is 35.2 Å². The minimum Gasteiger partial charge on any atom is -0.486 e. The zero-order valence-electron chi connectivity index (χ0n) is 12.9. The van der Waals surface area contributed by atoms with Gasteiger partial charge in [0, 0.05) is 6.54 Å². The summed E-state index contributed by atoms with van der Waals surface area (Å²) in [7, 11) is 0. The second-order valence-corrected chi connectivity index (χ2v) is 5.88. The fraction of sp³-hybridized carbons (Fsp3) is 0.400. The number of nitrogens with zero attached hydrogens (tertiary/aromatic N) is 3. The smallest absolute Gasteiger partial charge is 0.313 e. The fourth-order valence-corrected chi connectivity index (χ4v) is 2.88. The summed E-state index contributed by atoms with van der Waals surface area (Å²) < 4.78 is 7.66. The highest BCUT2D eigenvalue weighted by molar-refractivity contribution is 7.99. The van der Waals surface area contributed by atoms with E-state index in [-0.39, 0.29) is 5.75 Å². The van der Waals surface area contributed by atoms with Crippen LogP contribution in [0.25, 0.3) is 0 Å². The molecule has 0 saturated carbocycles. The highest BCUT2D eigenvalue weighted by Gasteiger charge is 2.13. The molecule has 0 aliphatic carbocycles. The zero-order valence-corrected chi connectivity index (χ0v) is 13.7. The molecule has 2 rings (SSSR count). The number of carboxylic acid groups (broad SMARTS) is 1. The molecule has 7 heteroatoms. The maximum absolute atomic E-state index is 10.7. The number of aryl methyl sites for hydroxylation is 2. The Morgan fingerprint density at radius 2 is 1.95 bits per heavy atom. The average molecular weight is 321 g/mol. The lowest BCUT2D eigenvalue weighted by atomic mass is 10.1. The number of aliphatic carboxylic acids is 1. The van der Waals surface area contributed by atoms with E-state index in [4.69, 9.17) is 9.84 Å². The van der Waals surface area contributed by atoms with Gasteiger partial charge in [-0.3, -0.25) is 4.79 Å². The third-order valence-electron chi connectivity index (χ3n) is 3.00. The van der Waals surface area contributed by atoms with Crippen LogP contribution in [0.4, 0.5) is 0 Å². The molecule has 0 spiro atoms. The van der Waals surface area contributed by atoms with Crippen molar-refractivity contribution >= 4 is 17.7 Å². The lowest BCUT2D eigenvalue weighted by Crippen LogP contribution is -2.08. The number of benzene rings is 1. The van der Waals surface area contributed by atoms with E-state index in [1.165, 1.54) is 0 Å². The number of aromatic nitrogens is 3. The fourth-order valence-electron chi connectivity index (χ4n) is 2.14. The summed E-state index contributed by atoms with van der Waals surface area (Å²) in [4.78, 5) is 10.7. The Kier molecular flexibility index (Phi) is 5.43. The molecule has 0 amide bonds. The van der Waals surface area contributed by atoms with Gasteiger partial charge in [0.05, 0.1) is 5.75 Å². The van der Waals surface area contributed by atoms with Crippen molar-refractivity contribution in [1.82, 2.24) is 14.8 Å². The quantitative estimate of drug-likeness (QED) is 0.790. The maximum Gasteiger partial charge on any atom is 0.313 e. The summed E-state index contributed by atoms with van der Waals surface area (Å²) in [5.74, 6) is 0.580. The SMILES string of the molecule is CCn1c(COc2cc(C)cc(C)c2)nnc1SCC(=O)O. The molecule has 118 valence electrons. The molecular weight excluding hydrogens is 302 g/mol. The largest absolute Gasteiger partial charge is 0.486 e. The summed E-state index contributed by atoms with van der Waals surface area (Å²) in [5, 5.41) is 17.5. The molecule has 2 aromatic rings. The number of thioether (sulfide) groups is 1. The summed E-state index contributed by atoms with van der Waals surface area (Å²) in [5.41, 5.74) is 2.29. The third kappa shape index (κ3) is 4.24. The Hall–Kier alpha value is -2.02. The Labute approximate surface area is 133 Å². The first kappa shape index (κ1) is 16.4. The highest BCUT2D eigenvalue weighted by Crippen LogP contribution is 2.20. The van der Waals surface area contributed by atoms with Gasteiger partial charge in [-0.2, -0.15) is 0 Å². The number of hydrogen-bond donors (Lipinski definition) is 1. The molecule has 0 saturated heterocycles. The number of rotatable bonds is 7. The number of carboxylic acids is 1. The second-order valence-electron chi connectivity index (χ2n) is 4.94. The van der Waals surface area contributed by atoms with Gasteiger partial charge in [0.25, 0.3) is 0 Å². The molecule has 0 fully saturated rings. The number of carbonyl (C=O) groups is 1. The van der Waals surface area contributed by atoms with Gasteiger partial charge in [-0.15, -0.1) is 10.2 Å². The molecule has 1 aromatic carbocycles. The summed E-state index contributed by atoms with van der Waals surface area (Å²) in [6.45, 7) is 6.98. The Balaban J connectivity index is 2.07. The van der Waals surface area contributed by atoms with Crippen LogP contribution in [0.15, 0.2) is 23.4 Å². The van der Waals surface area contributed by atoms with Crippen LogP contribution in [0.3, 0.4) is 0 Å². The van der Waals surface area contributed by atoms with Crippen LogP contribution in [0.5, 0.6) is 5.75 Å². The van der Waals surface area contributed by atoms with E-state index >= 15 is 0 Å². The van der Waals surface area contributed by atoms with Gasteiger partial charge in [-0.25, -0.2) is 0 Å². The number of hydrogen-bond acceptors (Lipinski definition) is 5. The van der Waals surface area contributed by atoms with Crippen molar-refractivity contribution < 1.29 is 14.6 Å². The van der Waals surface area contributed by atoms with Gasteiger partial charge in [0.2, 0.25) is 0 Å². The molecular formula is C15H19N3O3S. The van der Waals surface area contributed by atoms with Crippen LogP contribution in [0.2, 0.25) is 0 Å². The van der Waals surface area contributed by atoms with Crippen molar-refractivity contribution in [3.63, 3.8) is 0 Å². The van der Waals surface area contributed by atoms with Gasteiger partial charge in [0.1, 0.15) is 12.4 Å². The first-order valence-corrected chi connectivity index (χ1v) is 7.96. The van der Waals surface area contributed by atoms with E-state index in [0.29, 0.717) is 24.1 Å². The molecule has 6 nitrogen and oxygen atoms in total. The summed E-state index contributed by atoms with van der Waals surface area (Å²) in [6.07, 6.45) is 0. The van der Waals surface area contributed by atoms with E-state index < -0.39 is 5.97 Å². The predicted molar refractivity (Wildman–Crippen MR) is 84.3 cm³/mol. The molecule has 22 heavy (non-hydrogen) atoms. The number of ether oxygens (including phenoxy) is 1. The Morgan fingerprint density at radius 1 is 1.27 bits per heavy atom. The minimum atomic E-state index is -0.872. The second kappa shape index (κ2) is 7.31. The van der Waals surface area contributed by atoms with Crippen LogP contribution < -0.4 is 4.74 Å². The standard InChI is InChI=1S/C15H19N3O3S/c1-4-18-13(16-17-15(18)22-9-14(19)20)8-21-12-6-10(2)5-11(3)7-12/h5-7H,4,8-9H2,1-3H3,(H,19,20). The van der Waals surface area contributed by atoms with E-state index in [2.05, 4.69) is 16.3 Å². The van der Waals surface area contributed by atoms with Crippen LogP contribution in [0.1, 0.15) is 23.9 Å². The van der Waals surface area contributed by atoms with Gasteiger partial charge < -0.3 is 14.4 Å². The topological polar surface area (TPSA) is 77.2 Å².